The van der Waals surface area contributed by atoms with E-state index in [1.165, 1.54) is 5.56 Å². The zero-order chi connectivity index (χ0) is 16.1. The van der Waals surface area contributed by atoms with E-state index in [1.54, 1.807) is 7.11 Å². The minimum Gasteiger partial charge on any atom is -0.497 e. The summed E-state index contributed by atoms with van der Waals surface area (Å²) in [7, 11) is 1.67. The molecule has 1 heterocycles. The Hall–Kier alpha value is -2.49. The van der Waals surface area contributed by atoms with Crippen molar-refractivity contribution in [3.05, 3.63) is 65.7 Å². The van der Waals surface area contributed by atoms with Crippen LogP contribution in [0, 0.1) is 0 Å². The molecule has 0 aromatic heterocycles. The number of hydrogen-bond acceptors (Lipinski definition) is 2. The fraction of sp³-hybridized carbons (Fsp3) is 0.316. The molecule has 23 heavy (non-hydrogen) atoms. The van der Waals surface area contributed by atoms with Gasteiger partial charge in [-0.2, -0.15) is 0 Å². The Kier molecular flexibility index (Phi) is 4.81. The summed E-state index contributed by atoms with van der Waals surface area (Å²) < 4.78 is 5.19. The second-order valence-electron chi connectivity index (χ2n) is 5.85. The molecule has 0 spiro atoms. The fourth-order valence-electron chi connectivity index (χ4n) is 2.98. The molecule has 0 aliphatic carbocycles. The van der Waals surface area contributed by atoms with Crippen molar-refractivity contribution in [2.75, 3.05) is 20.2 Å². The number of urea groups is 1. The first-order valence-electron chi connectivity index (χ1n) is 7.97. The lowest BCUT2D eigenvalue weighted by Crippen LogP contribution is -2.37. The summed E-state index contributed by atoms with van der Waals surface area (Å²) in [5, 5.41) is 3.00. The predicted molar refractivity (Wildman–Crippen MR) is 90.6 cm³/mol. The van der Waals surface area contributed by atoms with Gasteiger partial charge in [0.25, 0.3) is 0 Å². The molecule has 1 N–H and O–H groups in total. The first-order chi connectivity index (χ1) is 11.3. The summed E-state index contributed by atoms with van der Waals surface area (Å²) in [6, 6.07) is 18.1. The number of nitrogens with one attached hydrogen (secondary N) is 1. The van der Waals surface area contributed by atoms with Gasteiger partial charge in [-0.1, -0.05) is 42.5 Å². The van der Waals surface area contributed by atoms with E-state index < -0.39 is 0 Å². The van der Waals surface area contributed by atoms with Crippen LogP contribution in [0.5, 0.6) is 5.75 Å². The van der Waals surface area contributed by atoms with Crippen LogP contribution in [0.25, 0.3) is 0 Å². The smallest absolute Gasteiger partial charge is 0.317 e. The van der Waals surface area contributed by atoms with Gasteiger partial charge in [-0.25, -0.2) is 4.79 Å². The number of carbonyl (C=O) groups is 1. The lowest BCUT2D eigenvalue weighted by atomic mass is 9.98. The monoisotopic (exact) mass is 310 g/mol. The van der Waals surface area contributed by atoms with Crippen molar-refractivity contribution in [3.8, 4) is 5.75 Å². The number of nitrogens with zero attached hydrogens (tertiary/aromatic N) is 1. The molecule has 4 heteroatoms. The first-order valence-corrected chi connectivity index (χ1v) is 7.97. The van der Waals surface area contributed by atoms with Crippen LogP contribution in [0.3, 0.4) is 0 Å². The highest BCUT2D eigenvalue weighted by atomic mass is 16.5. The van der Waals surface area contributed by atoms with E-state index in [4.69, 9.17) is 4.74 Å². The molecule has 1 aliphatic rings. The van der Waals surface area contributed by atoms with E-state index in [2.05, 4.69) is 17.4 Å². The molecular formula is C19H22N2O2. The fourth-order valence-corrected chi connectivity index (χ4v) is 2.98. The van der Waals surface area contributed by atoms with Crippen LogP contribution in [-0.4, -0.2) is 31.1 Å². The summed E-state index contributed by atoms with van der Waals surface area (Å²) >= 11 is 0. The highest BCUT2D eigenvalue weighted by Crippen LogP contribution is 2.28. The van der Waals surface area contributed by atoms with E-state index in [0.29, 0.717) is 12.5 Å². The summed E-state index contributed by atoms with van der Waals surface area (Å²) in [5.41, 5.74) is 2.39. The predicted octanol–water partition coefficient (Wildman–Crippen LogP) is 3.39. The van der Waals surface area contributed by atoms with Gasteiger partial charge in [0.05, 0.1) is 7.11 Å². The number of ether oxygens (including phenoxy) is 1. The van der Waals surface area contributed by atoms with Crippen LogP contribution in [0.4, 0.5) is 4.79 Å². The number of carbonyl (C=O) groups excluding carboxylic acids is 1. The lowest BCUT2D eigenvalue weighted by Gasteiger charge is -2.17. The zero-order valence-electron chi connectivity index (χ0n) is 13.4. The minimum atomic E-state index is 0.0184. The van der Waals surface area contributed by atoms with Crippen molar-refractivity contribution in [2.24, 2.45) is 0 Å². The average molecular weight is 310 g/mol. The molecule has 2 amide bonds. The molecule has 0 saturated carbocycles. The van der Waals surface area contributed by atoms with Crippen molar-refractivity contribution in [3.63, 3.8) is 0 Å². The highest BCUT2D eigenvalue weighted by Gasteiger charge is 2.27. The minimum absolute atomic E-state index is 0.0184. The molecule has 3 rings (SSSR count). The van der Waals surface area contributed by atoms with E-state index in [9.17, 15) is 4.79 Å². The molecule has 1 aliphatic heterocycles. The van der Waals surface area contributed by atoms with Gasteiger partial charge in [-0.15, -0.1) is 0 Å². The van der Waals surface area contributed by atoms with Crippen molar-refractivity contribution >= 4 is 6.03 Å². The zero-order valence-corrected chi connectivity index (χ0v) is 13.4. The molecule has 4 nitrogen and oxygen atoms in total. The first kappa shape index (κ1) is 15.4. The van der Waals surface area contributed by atoms with Crippen LogP contribution in [0.1, 0.15) is 23.5 Å². The Labute approximate surface area is 137 Å². The van der Waals surface area contributed by atoms with Gasteiger partial charge in [-0.05, 0) is 29.7 Å². The maximum atomic E-state index is 12.3. The second kappa shape index (κ2) is 7.18. The van der Waals surface area contributed by atoms with E-state index in [0.717, 1.165) is 30.8 Å². The van der Waals surface area contributed by atoms with Crippen LogP contribution in [0.2, 0.25) is 0 Å². The van der Waals surface area contributed by atoms with Crippen molar-refractivity contribution in [1.29, 1.82) is 0 Å². The Balaban J connectivity index is 1.53. The SMILES string of the molecule is COc1ccc(C2CCN(C(=O)NCc3ccccc3)C2)cc1. The summed E-state index contributed by atoms with van der Waals surface area (Å²) in [5.74, 6) is 1.27. The number of likely N-dealkylation sites (tertiary alicyclic amines) is 1. The van der Waals surface area contributed by atoms with Gasteiger partial charge in [0.2, 0.25) is 0 Å². The molecule has 1 unspecified atom stereocenters. The van der Waals surface area contributed by atoms with Gasteiger partial charge in [0.1, 0.15) is 5.75 Å². The largest absolute Gasteiger partial charge is 0.497 e. The normalized spacial score (nSPS) is 17.1. The van der Waals surface area contributed by atoms with Crippen LogP contribution in [0.15, 0.2) is 54.6 Å². The standard InChI is InChI=1S/C19H22N2O2/c1-23-18-9-7-16(8-10-18)17-11-12-21(14-17)19(22)20-13-15-5-3-2-4-6-15/h2-10,17H,11-14H2,1H3,(H,20,22). The van der Waals surface area contributed by atoms with E-state index >= 15 is 0 Å². The summed E-state index contributed by atoms with van der Waals surface area (Å²) in [6.07, 6.45) is 1.01. The average Bonchev–Trinajstić information content (AvgIpc) is 3.11. The van der Waals surface area contributed by atoms with Gasteiger partial charge in [-0.3, -0.25) is 0 Å². The van der Waals surface area contributed by atoms with Crippen LogP contribution < -0.4 is 10.1 Å². The van der Waals surface area contributed by atoms with Gasteiger partial charge < -0.3 is 15.0 Å². The van der Waals surface area contributed by atoms with Gasteiger partial charge in [0, 0.05) is 25.6 Å². The molecule has 2 aromatic carbocycles. The van der Waals surface area contributed by atoms with Crippen molar-refractivity contribution < 1.29 is 9.53 Å². The second-order valence-corrected chi connectivity index (χ2v) is 5.85. The third kappa shape index (κ3) is 3.83. The Bertz CT molecular complexity index is 640. The molecular weight excluding hydrogens is 288 g/mol. The Morgan fingerprint density at radius 3 is 2.61 bits per heavy atom. The number of rotatable bonds is 4. The lowest BCUT2D eigenvalue weighted by molar-refractivity contribution is 0.208. The quantitative estimate of drug-likeness (QED) is 0.940. The van der Waals surface area contributed by atoms with Gasteiger partial charge in [0.15, 0.2) is 0 Å². The van der Waals surface area contributed by atoms with Crippen molar-refractivity contribution in [2.45, 2.75) is 18.9 Å². The van der Waals surface area contributed by atoms with E-state index in [1.807, 2.05) is 47.4 Å². The maximum absolute atomic E-state index is 12.3. The molecule has 1 fully saturated rings. The van der Waals surface area contributed by atoms with E-state index in [-0.39, 0.29) is 6.03 Å². The molecule has 0 bridgehead atoms. The number of benzene rings is 2. The number of hydrogen-bond donors (Lipinski definition) is 1. The summed E-state index contributed by atoms with van der Waals surface area (Å²) in [4.78, 5) is 14.2. The highest BCUT2D eigenvalue weighted by molar-refractivity contribution is 5.74. The van der Waals surface area contributed by atoms with Crippen molar-refractivity contribution in [1.82, 2.24) is 10.2 Å². The summed E-state index contributed by atoms with van der Waals surface area (Å²) in [6.45, 7) is 2.15. The number of amides is 2. The molecule has 0 radical (unpaired) electrons. The van der Waals surface area contributed by atoms with Crippen LogP contribution in [-0.2, 0) is 6.54 Å². The van der Waals surface area contributed by atoms with Gasteiger partial charge >= 0.3 is 6.03 Å². The molecule has 1 atom stereocenters. The molecule has 120 valence electrons. The third-order valence-electron chi connectivity index (χ3n) is 4.35. The molecule has 1 saturated heterocycles. The molecule has 2 aromatic rings. The topological polar surface area (TPSA) is 41.6 Å². The Morgan fingerprint density at radius 1 is 1.17 bits per heavy atom. The maximum Gasteiger partial charge on any atom is 0.317 e. The number of methoxy groups -OCH3 is 1. The van der Waals surface area contributed by atoms with Crippen LogP contribution >= 0.6 is 0 Å². The third-order valence-corrected chi connectivity index (χ3v) is 4.35. The Morgan fingerprint density at radius 2 is 1.91 bits per heavy atom.